The standard InChI is InChI=1S/C23H36N4O2S/c1-5-6-7-8-13-27-14-12-23(3,19(2)16-27)20-10-9-11-21(15-20)25-30(28,29)22-17-26(4)18-24-22/h9-11,15,17-19,25H,5-8,12-14,16H2,1-4H3. The molecule has 3 rings (SSSR count). The van der Waals surface area contributed by atoms with Gasteiger partial charge in [-0.3, -0.25) is 4.72 Å². The van der Waals surface area contributed by atoms with Gasteiger partial charge >= 0.3 is 0 Å². The summed E-state index contributed by atoms with van der Waals surface area (Å²) in [5.74, 6) is 0.500. The zero-order valence-corrected chi connectivity index (χ0v) is 19.6. The minimum atomic E-state index is -3.69. The Morgan fingerprint density at radius 3 is 2.73 bits per heavy atom. The normalized spacial score (nSPS) is 22.9. The van der Waals surface area contributed by atoms with Crippen molar-refractivity contribution >= 4 is 15.7 Å². The first kappa shape index (κ1) is 22.8. The largest absolute Gasteiger partial charge is 0.339 e. The topological polar surface area (TPSA) is 67.2 Å². The molecule has 0 saturated carbocycles. The quantitative estimate of drug-likeness (QED) is 0.597. The van der Waals surface area contributed by atoms with Crippen LogP contribution in [-0.2, 0) is 22.5 Å². The van der Waals surface area contributed by atoms with Gasteiger partial charge in [-0.1, -0.05) is 52.2 Å². The zero-order valence-electron chi connectivity index (χ0n) is 18.8. The SMILES string of the molecule is CCCCCCN1CCC(C)(c2cccc(NS(=O)(=O)c3cn(C)cn3)c2)C(C)C1. The van der Waals surface area contributed by atoms with Crippen LogP contribution >= 0.6 is 0 Å². The van der Waals surface area contributed by atoms with Crippen LogP contribution in [0.2, 0.25) is 0 Å². The van der Waals surface area contributed by atoms with E-state index in [0.717, 1.165) is 19.5 Å². The van der Waals surface area contributed by atoms with E-state index in [1.54, 1.807) is 17.7 Å². The monoisotopic (exact) mass is 432 g/mol. The first-order valence-corrected chi connectivity index (χ1v) is 12.6. The van der Waals surface area contributed by atoms with Crippen LogP contribution in [0.25, 0.3) is 0 Å². The summed E-state index contributed by atoms with van der Waals surface area (Å²) in [4.78, 5) is 6.57. The number of nitrogens with zero attached hydrogens (tertiary/aromatic N) is 3. The van der Waals surface area contributed by atoms with Crippen molar-refractivity contribution in [2.75, 3.05) is 24.4 Å². The molecule has 0 bridgehead atoms. The molecule has 1 aromatic heterocycles. The smallest absolute Gasteiger partial charge is 0.280 e. The second-order valence-corrected chi connectivity index (χ2v) is 10.6. The van der Waals surface area contributed by atoms with E-state index in [1.165, 1.54) is 50.3 Å². The number of rotatable bonds is 9. The van der Waals surface area contributed by atoms with Gasteiger partial charge in [0.25, 0.3) is 10.0 Å². The second kappa shape index (κ2) is 9.52. The molecule has 1 aliphatic heterocycles. The van der Waals surface area contributed by atoms with Crippen molar-refractivity contribution in [3.8, 4) is 0 Å². The highest BCUT2D eigenvalue weighted by Crippen LogP contribution is 2.40. The van der Waals surface area contributed by atoms with Crippen molar-refractivity contribution in [1.82, 2.24) is 14.5 Å². The van der Waals surface area contributed by atoms with E-state index in [9.17, 15) is 8.42 Å². The number of aryl methyl sites for hydroxylation is 1. The number of piperidine rings is 1. The summed E-state index contributed by atoms with van der Waals surface area (Å²) < 4.78 is 29.6. The van der Waals surface area contributed by atoms with Crippen molar-refractivity contribution in [3.63, 3.8) is 0 Å². The molecule has 2 aromatic rings. The molecule has 1 saturated heterocycles. The Kier molecular flexibility index (Phi) is 7.24. The Bertz CT molecular complexity index is 940. The number of hydrogen-bond donors (Lipinski definition) is 1. The molecule has 1 aliphatic rings. The molecule has 1 aromatic carbocycles. The number of aromatic nitrogens is 2. The highest BCUT2D eigenvalue weighted by atomic mass is 32.2. The lowest BCUT2D eigenvalue weighted by molar-refractivity contribution is 0.109. The summed E-state index contributed by atoms with van der Waals surface area (Å²) in [6.45, 7) is 10.3. The average Bonchev–Trinajstić information content (AvgIpc) is 3.15. The fourth-order valence-electron chi connectivity index (χ4n) is 4.38. The number of benzene rings is 1. The van der Waals surface area contributed by atoms with E-state index in [4.69, 9.17) is 0 Å². The summed E-state index contributed by atoms with van der Waals surface area (Å²) in [6, 6.07) is 7.88. The van der Waals surface area contributed by atoms with Gasteiger partial charge in [0.05, 0.1) is 6.33 Å². The zero-order chi connectivity index (χ0) is 21.8. The third-order valence-corrected chi connectivity index (χ3v) is 7.89. The Labute approximate surface area is 181 Å². The van der Waals surface area contributed by atoms with Crippen LogP contribution in [0.4, 0.5) is 5.69 Å². The van der Waals surface area contributed by atoms with Crippen molar-refractivity contribution in [2.45, 2.75) is 63.3 Å². The van der Waals surface area contributed by atoms with Gasteiger partial charge < -0.3 is 9.47 Å². The van der Waals surface area contributed by atoms with E-state index in [-0.39, 0.29) is 10.4 Å². The summed E-state index contributed by atoms with van der Waals surface area (Å²) in [5.41, 5.74) is 1.82. The molecule has 0 aliphatic carbocycles. The molecule has 1 N–H and O–H groups in total. The number of hydrogen-bond acceptors (Lipinski definition) is 4. The molecule has 2 unspecified atom stereocenters. The third-order valence-electron chi connectivity index (χ3n) is 6.63. The number of unbranched alkanes of at least 4 members (excludes halogenated alkanes) is 3. The molecular weight excluding hydrogens is 396 g/mol. The lowest BCUT2D eigenvalue weighted by Crippen LogP contribution is -2.47. The van der Waals surface area contributed by atoms with Gasteiger partial charge in [0.2, 0.25) is 0 Å². The molecule has 6 nitrogen and oxygen atoms in total. The predicted molar refractivity (Wildman–Crippen MR) is 122 cm³/mol. The predicted octanol–water partition coefficient (Wildman–Crippen LogP) is 4.40. The van der Waals surface area contributed by atoms with Gasteiger partial charge in [-0.15, -0.1) is 0 Å². The van der Waals surface area contributed by atoms with Crippen LogP contribution in [0.1, 0.15) is 58.4 Å². The average molecular weight is 433 g/mol. The third kappa shape index (κ3) is 5.24. The number of sulfonamides is 1. The van der Waals surface area contributed by atoms with Crippen LogP contribution in [-0.4, -0.2) is 42.5 Å². The molecular formula is C23H36N4O2S. The Morgan fingerprint density at radius 2 is 2.07 bits per heavy atom. The maximum absolute atomic E-state index is 12.6. The maximum Gasteiger partial charge on any atom is 0.280 e. The fraction of sp³-hybridized carbons (Fsp3) is 0.609. The fourth-order valence-corrected chi connectivity index (χ4v) is 5.42. The van der Waals surface area contributed by atoms with E-state index < -0.39 is 10.0 Å². The van der Waals surface area contributed by atoms with Crippen LogP contribution in [0.15, 0.2) is 41.8 Å². The van der Waals surface area contributed by atoms with Gasteiger partial charge in [-0.05, 0) is 55.0 Å². The van der Waals surface area contributed by atoms with Crippen molar-refractivity contribution in [1.29, 1.82) is 0 Å². The summed E-state index contributed by atoms with van der Waals surface area (Å²) in [7, 11) is -1.93. The van der Waals surface area contributed by atoms with Crippen molar-refractivity contribution < 1.29 is 8.42 Å². The number of imidazole rings is 1. The summed E-state index contributed by atoms with van der Waals surface area (Å²) in [6.07, 6.45) is 9.27. The van der Waals surface area contributed by atoms with Crippen LogP contribution in [0, 0.1) is 5.92 Å². The number of anilines is 1. The summed E-state index contributed by atoms with van der Waals surface area (Å²) >= 11 is 0. The molecule has 2 heterocycles. The van der Waals surface area contributed by atoms with Crippen LogP contribution < -0.4 is 4.72 Å². The molecule has 1 fully saturated rings. The van der Waals surface area contributed by atoms with Gasteiger partial charge in [-0.25, -0.2) is 4.98 Å². The van der Waals surface area contributed by atoms with E-state index in [2.05, 4.69) is 41.4 Å². The molecule has 166 valence electrons. The Hall–Kier alpha value is -1.86. The minimum absolute atomic E-state index is 0.0337. The maximum atomic E-state index is 12.6. The Morgan fingerprint density at radius 1 is 1.27 bits per heavy atom. The van der Waals surface area contributed by atoms with Crippen LogP contribution in [0.3, 0.4) is 0 Å². The van der Waals surface area contributed by atoms with Gasteiger partial charge in [0, 0.05) is 25.5 Å². The summed E-state index contributed by atoms with van der Waals surface area (Å²) in [5, 5.41) is 0.0337. The molecule has 0 spiro atoms. The molecule has 7 heteroatoms. The Balaban J connectivity index is 1.69. The molecule has 2 atom stereocenters. The minimum Gasteiger partial charge on any atom is -0.339 e. The number of nitrogens with one attached hydrogen (secondary N) is 1. The first-order chi connectivity index (χ1) is 14.2. The lowest BCUT2D eigenvalue weighted by Gasteiger charge is -2.45. The van der Waals surface area contributed by atoms with E-state index in [1.807, 2.05) is 12.1 Å². The van der Waals surface area contributed by atoms with E-state index >= 15 is 0 Å². The first-order valence-electron chi connectivity index (χ1n) is 11.1. The highest BCUT2D eigenvalue weighted by Gasteiger charge is 2.38. The second-order valence-electron chi connectivity index (χ2n) is 8.99. The van der Waals surface area contributed by atoms with E-state index in [0.29, 0.717) is 11.6 Å². The van der Waals surface area contributed by atoms with Gasteiger partial charge in [0.15, 0.2) is 5.03 Å². The van der Waals surface area contributed by atoms with Gasteiger partial charge in [0.1, 0.15) is 0 Å². The molecule has 0 radical (unpaired) electrons. The van der Waals surface area contributed by atoms with Gasteiger partial charge in [-0.2, -0.15) is 8.42 Å². The molecule has 0 amide bonds. The van der Waals surface area contributed by atoms with Crippen molar-refractivity contribution in [2.24, 2.45) is 13.0 Å². The lowest BCUT2D eigenvalue weighted by atomic mass is 9.68. The highest BCUT2D eigenvalue weighted by molar-refractivity contribution is 7.92. The molecule has 30 heavy (non-hydrogen) atoms. The van der Waals surface area contributed by atoms with Crippen molar-refractivity contribution in [3.05, 3.63) is 42.4 Å². The number of likely N-dealkylation sites (tertiary alicyclic amines) is 1. The van der Waals surface area contributed by atoms with Crippen LogP contribution in [0.5, 0.6) is 0 Å².